The molecule has 8 aromatic carbocycles. The summed E-state index contributed by atoms with van der Waals surface area (Å²) in [5.41, 5.74) is 24.7. The van der Waals surface area contributed by atoms with E-state index in [1.807, 2.05) is 12.1 Å². The van der Waals surface area contributed by atoms with Crippen LogP contribution < -0.4 is 20.9 Å². The lowest BCUT2D eigenvalue weighted by Gasteiger charge is -2.28. The number of rotatable bonds is 9. The van der Waals surface area contributed by atoms with Gasteiger partial charge in [-0.1, -0.05) is 164 Å². The summed E-state index contributed by atoms with van der Waals surface area (Å²) in [7, 11) is 0. The van der Waals surface area contributed by atoms with Crippen LogP contribution in [0.15, 0.2) is 206 Å². The van der Waals surface area contributed by atoms with Crippen LogP contribution >= 0.6 is 0 Å². The van der Waals surface area contributed by atoms with Crippen LogP contribution in [0.1, 0.15) is 45.0 Å². The van der Waals surface area contributed by atoms with E-state index in [-0.39, 0.29) is 6.04 Å². The Labute approximate surface area is 352 Å². The highest BCUT2D eigenvalue weighted by molar-refractivity contribution is 5.97. The Morgan fingerprint density at radius 3 is 1.47 bits per heavy atom. The van der Waals surface area contributed by atoms with Crippen LogP contribution in [0.5, 0.6) is 0 Å². The molecule has 2 aliphatic heterocycles. The highest BCUT2D eigenvalue weighted by Gasteiger charge is 2.23. The molecule has 2 aliphatic rings. The van der Waals surface area contributed by atoms with Crippen LogP contribution in [0.3, 0.4) is 0 Å². The zero-order chi connectivity index (χ0) is 40.3. The second-order valence-electron chi connectivity index (χ2n) is 15.3. The summed E-state index contributed by atoms with van der Waals surface area (Å²) in [6.45, 7) is 0.734. The monoisotopic (exact) mass is 772 g/mol. The third-order valence-corrected chi connectivity index (χ3v) is 11.5. The molecule has 0 fully saturated rings. The second kappa shape index (κ2) is 16.3. The summed E-state index contributed by atoms with van der Waals surface area (Å²) in [5, 5.41) is 3.71. The topological polar surface area (TPSA) is 44.5 Å². The van der Waals surface area contributed by atoms with Crippen LogP contribution in [0.25, 0.3) is 41.1 Å². The zero-order valence-corrected chi connectivity index (χ0v) is 33.2. The smallest absolute Gasteiger partial charge is 0.0534 e. The maximum Gasteiger partial charge on any atom is 0.0534 e. The predicted octanol–water partition coefficient (Wildman–Crippen LogP) is 14.1. The SMILES string of the molecule is N/C(=C\C(NCc1ccccc1)c1ccccc1)c1ccc(N2c3ccccc3C=Cc3cc(-c4ccc5c(c4)C=Cc4ccccc4N5c4ccccc4)ccc32)cc1. The molecule has 288 valence electrons. The van der Waals surface area contributed by atoms with Crippen molar-refractivity contribution in [2.45, 2.75) is 12.6 Å². The first-order valence-electron chi connectivity index (χ1n) is 20.5. The molecule has 0 spiro atoms. The number of hydrogen-bond donors (Lipinski definition) is 2. The van der Waals surface area contributed by atoms with Crippen LogP contribution in [0.2, 0.25) is 0 Å². The summed E-state index contributed by atoms with van der Waals surface area (Å²) >= 11 is 0. The third kappa shape index (κ3) is 7.33. The van der Waals surface area contributed by atoms with Gasteiger partial charge in [0.1, 0.15) is 0 Å². The van der Waals surface area contributed by atoms with E-state index in [1.165, 1.54) is 33.5 Å². The fraction of sp³-hybridized carbons (Fsp3) is 0.0357. The zero-order valence-electron chi connectivity index (χ0n) is 33.2. The summed E-state index contributed by atoms with van der Waals surface area (Å²) in [5.74, 6) is 0. The first-order chi connectivity index (χ1) is 29.7. The van der Waals surface area contributed by atoms with Gasteiger partial charge in [-0.15, -0.1) is 0 Å². The molecule has 1 atom stereocenters. The van der Waals surface area contributed by atoms with E-state index in [0.717, 1.165) is 62.9 Å². The lowest BCUT2D eigenvalue weighted by molar-refractivity contribution is 0.621. The summed E-state index contributed by atoms with van der Waals surface area (Å²) in [6, 6.07) is 71.0. The van der Waals surface area contributed by atoms with Crippen molar-refractivity contribution in [2.24, 2.45) is 5.73 Å². The van der Waals surface area contributed by atoms with E-state index in [1.54, 1.807) is 0 Å². The van der Waals surface area contributed by atoms with Crippen molar-refractivity contribution < 1.29 is 0 Å². The highest BCUT2D eigenvalue weighted by atomic mass is 15.2. The lowest BCUT2D eigenvalue weighted by Crippen LogP contribution is -2.20. The minimum absolute atomic E-state index is 0.0506. The molecule has 0 saturated carbocycles. The molecule has 10 rings (SSSR count). The molecule has 4 nitrogen and oxygen atoms in total. The molecular weight excluding hydrogens is 729 g/mol. The van der Waals surface area contributed by atoms with Gasteiger partial charge >= 0.3 is 0 Å². The fourth-order valence-electron chi connectivity index (χ4n) is 8.39. The molecule has 4 heteroatoms. The number of anilines is 6. The number of nitrogens with two attached hydrogens (primary N) is 1. The van der Waals surface area contributed by atoms with Crippen molar-refractivity contribution in [3.8, 4) is 11.1 Å². The fourth-order valence-corrected chi connectivity index (χ4v) is 8.39. The van der Waals surface area contributed by atoms with Gasteiger partial charge < -0.3 is 20.9 Å². The highest BCUT2D eigenvalue weighted by Crippen LogP contribution is 2.45. The van der Waals surface area contributed by atoms with Gasteiger partial charge in [-0.25, -0.2) is 0 Å². The Morgan fingerprint density at radius 2 is 0.900 bits per heavy atom. The molecule has 2 heterocycles. The number of fused-ring (bicyclic) bond motifs is 4. The molecule has 0 bridgehead atoms. The van der Waals surface area contributed by atoms with Gasteiger partial charge in [-0.2, -0.15) is 0 Å². The lowest BCUT2D eigenvalue weighted by atomic mass is 9.98. The Balaban J connectivity index is 0.978. The van der Waals surface area contributed by atoms with E-state index in [2.05, 4.69) is 234 Å². The van der Waals surface area contributed by atoms with Crippen LogP contribution in [0.4, 0.5) is 34.1 Å². The maximum absolute atomic E-state index is 6.88. The normalized spacial score (nSPS) is 13.4. The molecule has 0 amide bonds. The maximum atomic E-state index is 6.88. The quantitative estimate of drug-likeness (QED) is 0.153. The van der Waals surface area contributed by atoms with Crippen molar-refractivity contribution in [3.05, 3.63) is 245 Å². The first kappa shape index (κ1) is 36.7. The van der Waals surface area contributed by atoms with Gasteiger partial charge in [0.2, 0.25) is 0 Å². The van der Waals surface area contributed by atoms with Crippen molar-refractivity contribution in [1.29, 1.82) is 0 Å². The molecule has 1 unspecified atom stereocenters. The van der Waals surface area contributed by atoms with E-state index in [4.69, 9.17) is 5.73 Å². The molecule has 3 N–H and O–H groups in total. The predicted molar refractivity (Wildman–Crippen MR) is 254 cm³/mol. The average Bonchev–Trinajstić information content (AvgIpc) is 3.59. The second-order valence-corrected chi connectivity index (χ2v) is 15.3. The number of hydrogen-bond acceptors (Lipinski definition) is 4. The van der Waals surface area contributed by atoms with Gasteiger partial charge in [0.15, 0.2) is 0 Å². The van der Waals surface area contributed by atoms with Crippen molar-refractivity contribution in [1.82, 2.24) is 5.32 Å². The molecule has 0 aromatic heterocycles. The molecule has 0 radical (unpaired) electrons. The number of nitrogens with one attached hydrogen (secondary N) is 1. The summed E-state index contributed by atoms with van der Waals surface area (Å²) < 4.78 is 0. The van der Waals surface area contributed by atoms with Crippen molar-refractivity contribution in [3.63, 3.8) is 0 Å². The molecule has 60 heavy (non-hydrogen) atoms. The minimum atomic E-state index is -0.0506. The Hall–Kier alpha value is -7.66. The summed E-state index contributed by atoms with van der Waals surface area (Å²) in [6.07, 6.45) is 11.1. The van der Waals surface area contributed by atoms with Gasteiger partial charge in [-0.05, 0) is 117 Å². The van der Waals surface area contributed by atoms with Gasteiger partial charge in [0, 0.05) is 23.6 Å². The molecular formula is C56H44N4. The number of nitrogens with zero attached hydrogens (tertiary/aromatic N) is 2. The van der Waals surface area contributed by atoms with Gasteiger partial charge in [0.25, 0.3) is 0 Å². The standard InChI is InChI=1S/C56H44N4/c57-51(38-52(42-16-6-2-7-17-42)58-39-40-14-4-1-5-15-40)41-28-32-50(33-29-41)60-54-23-13-11-19-44(54)25-27-48-37-46(31-35-56(48)60)45-30-34-55-47(36-45)26-24-43-18-10-12-22-53(43)59(55)49-20-8-3-9-21-49/h1-38,52,58H,39,57H2/b51-38-. The average molecular weight is 773 g/mol. The van der Waals surface area contributed by atoms with E-state index in [9.17, 15) is 0 Å². The van der Waals surface area contributed by atoms with E-state index < -0.39 is 0 Å². The van der Waals surface area contributed by atoms with Crippen LogP contribution in [0, 0.1) is 0 Å². The summed E-state index contributed by atoms with van der Waals surface area (Å²) in [4.78, 5) is 4.73. The van der Waals surface area contributed by atoms with Gasteiger partial charge in [-0.3, -0.25) is 0 Å². The number of benzene rings is 8. The first-order valence-corrected chi connectivity index (χ1v) is 20.5. The van der Waals surface area contributed by atoms with Gasteiger partial charge in [0.05, 0.1) is 28.8 Å². The molecule has 0 aliphatic carbocycles. The van der Waals surface area contributed by atoms with Crippen molar-refractivity contribution >= 4 is 64.1 Å². The number of para-hydroxylation sites is 3. The Bertz CT molecular complexity index is 2880. The molecule has 0 saturated heterocycles. The third-order valence-electron chi connectivity index (χ3n) is 11.5. The van der Waals surface area contributed by atoms with Crippen LogP contribution in [-0.2, 0) is 6.54 Å². The van der Waals surface area contributed by atoms with E-state index >= 15 is 0 Å². The Kier molecular flexibility index (Phi) is 9.96. The molecule has 8 aromatic rings. The minimum Gasteiger partial charge on any atom is -0.398 e. The Morgan fingerprint density at radius 1 is 0.450 bits per heavy atom. The largest absolute Gasteiger partial charge is 0.398 e. The van der Waals surface area contributed by atoms with E-state index in [0.29, 0.717) is 0 Å². The van der Waals surface area contributed by atoms with Crippen LogP contribution in [-0.4, -0.2) is 0 Å². The van der Waals surface area contributed by atoms with Crippen molar-refractivity contribution in [2.75, 3.05) is 9.80 Å².